The van der Waals surface area contributed by atoms with Crippen LogP contribution in [0.4, 0.5) is 5.69 Å². The molecule has 0 amide bonds. The molecule has 0 aromatic carbocycles. The lowest BCUT2D eigenvalue weighted by Crippen LogP contribution is -1.68. The fourth-order valence-corrected chi connectivity index (χ4v) is 1.05. The van der Waals surface area contributed by atoms with Gasteiger partial charge in [0.2, 0.25) is 5.69 Å². The van der Waals surface area contributed by atoms with Crippen molar-refractivity contribution in [2.45, 2.75) is 0 Å². The zero-order chi connectivity index (χ0) is 7.68. The van der Waals surface area contributed by atoms with Crippen LogP contribution in [0.5, 0.6) is 0 Å². The maximum Gasteiger partial charge on any atom is 0.211 e. The molecule has 2 heterocycles. The highest BCUT2D eigenvalue weighted by atomic mass is 14.8. The van der Waals surface area contributed by atoms with Crippen molar-refractivity contribution < 1.29 is 0 Å². The molecule has 0 atom stereocenters. The second-order valence-corrected chi connectivity index (χ2v) is 2.21. The topological polar surface area (TPSA) is 33.0 Å². The average molecular weight is 143 g/mol. The smallest absolute Gasteiger partial charge is 0.211 e. The molecule has 0 aliphatic heterocycles. The molecule has 0 saturated heterocycles. The molecule has 0 radical (unpaired) electrons. The quantitative estimate of drug-likeness (QED) is 0.563. The van der Waals surface area contributed by atoms with Crippen LogP contribution in [0.25, 0.3) is 15.7 Å². The summed E-state index contributed by atoms with van der Waals surface area (Å²) in [5.41, 5.74) is 1.57. The standard InChI is InChI=1S/C8H5N3/c1-9-7-5-11-8-4-10-3-2-6(7)8/h2-5,11H. The summed E-state index contributed by atoms with van der Waals surface area (Å²) >= 11 is 0. The molecule has 52 valence electrons. The third kappa shape index (κ3) is 0.767. The molecular formula is C8H5N3. The summed E-state index contributed by atoms with van der Waals surface area (Å²) in [6, 6.07) is 1.83. The van der Waals surface area contributed by atoms with E-state index >= 15 is 0 Å². The monoisotopic (exact) mass is 143 g/mol. The number of hydrogen-bond acceptors (Lipinski definition) is 1. The van der Waals surface area contributed by atoms with Crippen molar-refractivity contribution in [1.29, 1.82) is 0 Å². The van der Waals surface area contributed by atoms with Crippen molar-refractivity contribution in [2.75, 3.05) is 0 Å². The number of nitrogens with one attached hydrogen (secondary N) is 1. The Morgan fingerprint density at radius 3 is 3.27 bits per heavy atom. The third-order valence-corrected chi connectivity index (χ3v) is 1.58. The predicted octanol–water partition coefficient (Wildman–Crippen LogP) is 2.11. The van der Waals surface area contributed by atoms with Crippen LogP contribution in [0.1, 0.15) is 0 Å². The maximum absolute atomic E-state index is 6.83. The van der Waals surface area contributed by atoms with Crippen molar-refractivity contribution in [3.8, 4) is 0 Å². The minimum atomic E-state index is 0.655. The Bertz CT molecular complexity index is 422. The molecular weight excluding hydrogens is 138 g/mol. The van der Waals surface area contributed by atoms with Crippen LogP contribution in [0.15, 0.2) is 24.7 Å². The van der Waals surface area contributed by atoms with Crippen molar-refractivity contribution in [2.24, 2.45) is 0 Å². The number of H-pyrrole nitrogens is 1. The van der Waals surface area contributed by atoms with Gasteiger partial charge in [0.25, 0.3) is 0 Å². The molecule has 11 heavy (non-hydrogen) atoms. The van der Waals surface area contributed by atoms with E-state index < -0.39 is 0 Å². The molecule has 3 heteroatoms. The highest BCUT2D eigenvalue weighted by molar-refractivity contribution is 5.91. The molecule has 0 saturated carbocycles. The molecule has 0 unspecified atom stereocenters. The maximum atomic E-state index is 6.83. The summed E-state index contributed by atoms with van der Waals surface area (Å²) in [6.45, 7) is 6.83. The number of hydrogen-bond donors (Lipinski definition) is 1. The molecule has 2 aromatic rings. The Morgan fingerprint density at radius 1 is 1.55 bits per heavy atom. The van der Waals surface area contributed by atoms with E-state index in [-0.39, 0.29) is 0 Å². The second kappa shape index (κ2) is 2.10. The normalized spacial score (nSPS) is 9.73. The summed E-state index contributed by atoms with van der Waals surface area (Å²) in [6.07, 6.45) is 5.09. The van der Waals surface area contributed by atoms with E-state index in [9.17, 15) is 0 Å². The summed E-state index contributed by atoms with van der Waals surface area (Å²) in [7, 11) is 0. The zero-order valence-corrected chi connectivity index (χ0v) is 5.70. The van der Waals surface area contributed by atoms with Crippen LogP contribution in [-0.2, 0) is 0 Å². The van der Waals surface area contributed by atoms with Crippen LogP contribution < -0.4 is 0 Å². The van der Waals surface area contributed by atoms with Crippen LogP contribution >= 0.6 is 0 Å². The van der Waals surface area contributed by atoms with Gasteiger partial charge < -0.3 is 4.98 Å². The van der Waals surface area contributed by atoms with Crippen molar-refractivity contribution in [1.82, 2.24) is 9.97 Å². The third-order valence-electron chi connectivity index (χ3n) is 1.58. The molecule has 0 bridgehead atoms. The lowest BCUT2D eigenvalue weighted by atomic mass is 10.3. The number of aromatic amines is 1. The fourth-order valence-electron chi connectivity index (χ4n) is 1.05. The van der Waals surface area contributed by atoms with Gasteiger partial charge >= 0.3 is 0 Å². The number of rotatable bonds is 0. The highest BCUT2D eigenvalue weighted by Gasteiger charge is 1.99. The fraction of sp³-hybridized carbons (Fsp3) is 0. The molecule has 0 aliphatic rings. The van der Waals surface area contributed by atoms with Crippen molar-refractivity contribution in [3.63, 3.8) is 0 Å². The van der Waals surface area contributed by atoms with Gasteiger partial charge in [-0.15, -0.1) is 0 Å². The van der Waals surface area contributed by atoms with Gasteiger partial charge in [-0.25, -0.2) is 4.85 Å². The number of pyridine rings is 1. The first-order valence-corrected chi connectivity index (χ1v) is 3.20. The van der Waals surface area contributed by atoms with Crippen molar-refractivity contribution >= 4 is 16.6 Å². The highest BCUT2D eigenvalue weighted by Crippen LogP contribution is 2.23. The van der Waals surface area contributed by atoms with Gasteiger partial charge in [-0.3, -0.25) is 4.98 Å². The van der Waals surface area contributed by atoms with Crippen molar-refractivity contribution in [3.05, 3.63) is 36.1 Å². The number of nitrogens with zero attached hydrogens (tertiary/aromatic N) is 2. The Kier molecular flexibility index (Phi) is 1.13. The Labute approximate surface area is 63.5 Å². The van der Waals surface area contributed by atoms with Gasteiger partial charge in [0.1, 0.15) is 0 Å². The predicted molar refractivity (Wildman–Crippen MR) is 42.4 cm³/mol. The summed E-state index contributed by atoms with van der Waals surface area (Å²) in [5.74, 6) is 0. The molecule has 3 nitrogen and oxygen atoms in total. The molecule has 2 aromatic heterocycles. The van der Waals surface area contributed by atoms with Gasteiger partial charge in [-0.1, -0.05) is 0 Å². The van der Waals surface area contributed by atoms with E-state index in [2.05, 4.69) is 14.8 Å². The van der Waals surface area contributed by atoms with Gasteiger partial charge in [0, 0.05) is 24.0 Å². The summed E-state index contributed by atoms with van der Waals surface area (Å²) in [4.78, 5) is 10.2. The van der Waals surface area contributed by atoms with Crippen LogP contribution in [0.3, 0.4) is 0 Å². The first kappa shape index (κ1) is 5.93. The number of aromatic nitrogens is 2. The van der Waals surface area contributed by atoms with Gasteiger partial charge in [0.15, 0.2) is 0 Å². The lowest BCUT2D eigenvalue weighted by Gasteiger charge is -1.85. The van der Waals surface area contributed by atoms with E-state index in [1.807, 2.05) is 6.07 Å². The first-order chi connectivity index (χ1) is 5.42. The second-order valence-electron chi connectivity index (χ2n) is 2.21. The SMILES string of the molecule is [C-]#[N+]c1c[nH]c2cnccc12. The summed E-state index contributed by atoms with van der Waals surface area (Å²) in [5, 5.41) is 0.940. The first-order valence-electron chi connectivity index (χ1n) is 3.20. The largest absolute Gasteiger partial charge is 0.371 e. The van der Waals surface area contributed by atoms with Gasteiger partial charge in [-0.05, 0) is 6.07 Å². The van der Waals surface area contributed by atoms with Gasteiger partial charge in [-0.2, -0.15) is 0 Å². The molecule has 0 spiro atoms. The minimum Gasteiger partial charge on any atom is -0.371 e. The summed E-state index contributed by atoms with van der Waals surface area (Å²) < 4.78 is 0. The van der Waals surface area contributed by atoms with Crippen LogP contribution in [-0.4, -0.2) is 9.97 Å². The Morgan fingerprint density at radius 2 is 2.45 bits per heavy atom. The van der Waals surface area contributed by atoms with E-state index in [4.69, 9.17) is 6.57 Å². The van der Waals surface area contributed by atoms with E-state index in [1.165, 1.54) is 0 Å². The Hall–Kier alpha value is -1.82. The van der Waals surface area contributed by atoms with Crippen LogP contribution in [0, 0.1) is 6.57 Å². The molecule has 0 aliphatic carbocycles. The lowest BCUT2D eigenvalue weighted by molar-refractivity contribution is 1.34. The molecule has 0 fully saturated rings. The number of fused-ring (bicyclic) bond motifs is 1. The van der Waals surface area contributed by atoms with E-state index in [0.717, 1.165) is 10.9 Å². The molecule has 1 N–H and O–H groups in total. The average Bonchev–Trinajstić information content (AvgIpc) is 2.47. The molecule has 2 rings (SSSR count). The Balaban J connectivity index is 2.89. The zero-order valence-electron chi connectivity index (χ0n) is 5.70. The van der Waals surface area contributed by atoms with Crippen LogP contribution in [0.2, 0.25) is 0 Å². The van der Waals surface area contributed by atoms with Gasteiger partial charge in [0.05, 0.1) is 12.1 Å². The minimum absolute atomic E-state index is 0.655. The van der Waals surface area contributed by atoms with E-state index in [0.29, 0.717) is 5.69 Å². The van der Waals surface area contributed by atoms with E-state index in [1.54, 1.807) is 18.6 Å².